The van der Waals surface area contributed by atoms with Crippen LogP contribution in [0.2, 0.25) is 5.02 Å². The van der Waals surface area contributed by atoms with Crippen LogP contribution in [0.4, 0.5) is 5.69 Å². The van der Waals surface area contributed by atoms with Crippen molar-refractivity contribution in [3.8, 4) is 11.5 Å². The van der Waals surface area contributed by atoms with E-state index < -0.39 is 0 Å². The fourth-order valence-corrected chi connectivity index (χ4v) is 1.92. The van der Waals surface area contributed by atoms with Crippen LogP contribution >= 0.6 is 11.6 Å². The van der Waals surface area contributed by atoms with Crippen LogP contribution < -0.4 is 14.8 Å². The van der Waals surface area contributed by atoms with Gasteiger partial charge in [0.15, 0.2) is 11.5 Å². The molecule has 20 heavy (non-hydrogen) atoms. The Labute approximate surface area is 122 Å². The first kappa shape index (κ1) is 14.2. The largest absolute Gasteiger partial charge is 0.493 e. The Morgan fingerprint density at radius 2 is 1.75 bits per heavy atom. The molecule has 1 N–H and O–H groups in total. The molecule has 2 rings (SSSR count). The molecular formula is C15H14ClNO3. The van der Waals surface area contributed by atoms with Gasteiger partial charge in [-0.1, -0.05) is 17.7 Å². The first-order chi connectivity index (χ1) is 9.65. The summed E-state index contributed by atoms with van der Waals surface area (Å²) in [5.74, 6) is 0.640. The van der Waals surface area contributed by atoms with E-state index in [0.29, 0.717) is 27.8 Å². The number of hydrogen-bond donors (Lipinski definition) is 1. The SMILES string of the molecule is COc1cccc(C(=O)Nc2ccc(Cl)cc2)c1OC. The van der Waals surface area contributed by atoms with E-state index in [-0.39, 0.29) is 5.91 Å². The van der Waals surface area contributed by atoms with Gasteiger partial charge in [0.25, 0.3) is 5.91 Å². The Kier molecular flexibility index (Phi) is 4.48. The molecule has 2 aromatic carbocycles. The standard InChI is InChI=1S/C15H14ClNO3/c1-19-13-5-3-4-12(14(13)20-2)15(18)17-11-8-6-10(16)7-9-11/h3-9H,1-2H3,(H,17,18). The van der Waals surface area contributed by atoms with Gasteiger partial charge in [-0.3, -0.25) is 4.79 Å². The number of methoxy groups -OCH3 is 2. The molecule has 0 atom stereocenters. The second kappa shape index (κ2) is 6.30. The minimum Gasteiger partial charge on any atom is -0.493 e. The number of carbonyl (C=O) groups excluding carboxylic acids is 1. The van der Waals surface area contributed by atoms with Crippen LogP contribution in [0.15, 0.2) is 42.5 Å². The maximum atomic E-state index is 12.3. The molecule has 0 fully saturated rings. The summed E-state index contributed by atoms with van der Waals surface area (Å²) < 4.78 is 10.4. The molecule has 0 spiro atoms. The van der Waals surface area contributed by atoms with E-state index in [2.05, 4.69) is 5.32 Å². The lowest BCUT2D eigenvalue weighted by atomic mass is 10.1. The van der Waals surface area contributed by atoms with Crippen LogP contribution in [0.3, 0.4) is 0 Å². The monoisotopic (exact) mass is 291 g/mol. The van der Waals surface area contributed by atoms with Crippen LogP contribution in [-0.4, -0.2) is 20.1 Å². The Morgan fingerprint density at radius 1 is 1.05 bits per heavy atom. The first-order valence-electron chi connectivity index (χ1n) is 5.93. The van der Waals surface area contributed by atoms with Crippen LogP contribution in [0.1, 0.15) is 10.4 Å². The van der Waals surface area contributed by atoms with Crippen LogP contribution in [0.25, 0.3) is 0 Å². The second-order valence-electron chi connectivity index (χ2n) is 4.00. The van der Waals surface area contributed by atoms with Gasteiger partial charge < -0.3 is 14.8 Å². The van der Waals surface area contributed by atoms with Gasteiger partial charge in [0, 0.05) is 10.7 Å². The minimum absolute atomic E-state index is 0.275. The van der Waals surface area contributed by atoms with Crippen molar-refractivity contribution in [1.82, 2.24) is 0 Å². The molecule has 0 radical (unpaired) electrons. The van der Waals surface area contributed by atoms with Crippen molar-refractivity contribution in [3.63, 3.8) is 0 Å². The highest BCUT2D eigenvalue weighted by Gasteiger charge is 2.16. The summed E-state index contributed by atoms with van der Waals surface area (Å²) >= 11 is 5.80. The number of para-hydroxylation sites is 1. The summed E-state index contributed by atoms with van der Waals surface area (Å²) in [6.45, 7) is 0. The highest BCUT2D eigenvalue weighted by atomic mass is 35.5. The van der Waals surface area contributed by atoms with E-state index in [4.69, 9.17) is 21.1 Å². The number of halogens is 1. The van der Waals surface area contributed by atoms with E-state index in [0.717, 1.165) is 0 Å². The van der Waals surface area contributed by atoms with E-state index in [1.54, 1.807) is 42.5 Å². The maximum absolute atomic E-state index is 12.3. The van der Waals surface area contributed by atoms with E-state index in [1.165, 1.54) is 14.2 Å². The number of anilines is 1. The smallest absolute Gasteiger partial charge is 0.259 e. The molecule has 0 aliphatic heterocycles. The third kappa shape index (κ3) is 3.03. The number of hydrogen-bond acceptors (Lipinski definition) is 3. The van der Waals surface area contributed by atoms with Crippen LogP contribution in [0, 0.1) is 0 Å². The van der Waals surface area contributed by atoms with E-state index >= 15 is 0 Å². The second-order valence-corrected chi connectivity index (χ2v) is 4.44. The van der Waals surface area contributed by atoms with Gasteiger partial charge in [0.1, 0.15) is 0 Å². The van der Waals surface area contributed by atoms with Crippen molar-refractivity contribution in [2.45, 2.75) is 0 Å². The van der Waals surface area contributed by atoms with Gasteiger partial charge in [-0.05, 0) is 36.4 Å². The maximum Gasteiger partial charge on any atom is 0.259 e. The molecule has 104 valence electrons. The Balaban J connectivity index is 2.27. The van der Waals surface area contributed by atoms with Gasteiger partial charge in [-0.2, -0.15) is 0 Å². The van der Waals surface area contributed by atoms with Crippen molar-refractivity contribution in [2.24, 2.45) is 0 Å². The molecule has 0 unspecified atom stereocenters. The molecule has 0 saturated carbocycles. The third-order valence-corrected chi connectivity index (χ3v) is 3.00. The van der Waals surface area contributed by atoms with Gasteiger partial charge >= 0.3 is 0 Å². The minimum atomic E-state index is -0.275. The van der Waals surface area contributed by atoms with E-state index in [1.807, 2.05) is 0 Å². The molecule has 0 saturated heterocycles. The van der Waals surface area contributed by atoms with Gasteiger partial charge in [-0.15, -0.1) is 0 Å². The van der Waals surface area contributed by atoms with Crippen LogP contribution in [-0.2, 0) is 0 Å². The summed E-state index contributed by atoms with van der Waals surface area (Å²) in [6.07, 6.45) is 0. The summed E-state index contributed by atoms with van der Waals surface area (Å²) in [4.78, 5) is 12.3. The van der Waals surface area contributed by atoms with Crippen molar-refractivity contribution < 1.29 is 14.3 Å². The average molecular weight is 292 g/mol. The first-order valence-corrected chi connectivity index (χ1v) is 6.31. The summed E-state index contributed by atoms with van der Waals surface area (Å²) in [5, 5.41) is 3.39. The van der Waals surface area contributed by atoms with Gasteiger partial charge in [-0.25, -0.2) is 0 Å². The Bertz CT molecular complexity index is 611. The van der Waals surface area contributed by atoms with Crippen molar-refractivity contribution >= 4 is 23.2 Å². The highest BCUT2D eigenvalue weighted by molar-refractivity contribution is 6.30. The molecule has 0 aliphatic carbocycles. The number of ether oxygens (including phenoxy) is 2. The predicted molar refractivity (Wildman–Crippen MR) is 79.0 cm³/mol. The predicted octanol–water partition coefficient (Wildman–Crippen LogP) is 3.61. The summed E-state index contributed by atoms with van der Waals surface area (Å²) in [6, 6.07) is 12.0. The number of nitrogens with one attached hydrogen (secondary N) is 1. The normalized spacial score (nSPS) is 9.95. The van der Waals surface area contributed by atoms with Gasteiger partial charge in [0.2, 0.25) is 0 Å². The number of carbonyl (C=O) groups is 1. The zero-order valence-electron chi connectivity index (χ0n) is 11.1. The molecule has 2 aromatic rings. The van der Waals surface area contributed by atoms with Crippen molar-refractivity contribution in [1.29, 1.82) is 0 Å². The zero-order chi connectivity index (χ0) is 14.5. The molecule has 0 aromatic heterocycles. The fourth-order valence-electron chi connectivity index (χ4n) is 1.80. The highest BCUT2D eigenvalue weighted by Crippen LogP contribution is 2.31. The lowest BCUT2D eigenvalue weighted by molar-refractivity contribution is 0.102. The number of benzene rings is 2. The van der Waals surface area contributed by atoms with Crippen LogP contribution in [0.5, 0.6) is 11.5 Å². The van der Waals surface area contributed by atoms with Crippen molar-refractivity contribution in [2.75, 3.05) is 19.5 Å². The quantitative estimate of drug-likeness (QED) is 0.936. The molecule has 4 nitrogen and oxygen atoms in total. The molecule has 0 aliphatic rings. The Morgan fingerprint density at radius 3 is 2.35 bits per heavy atom. The number of amides is 1. The molecule has 0 heterocycles. The zero-order valence-corrected chi connectivity index (χ0v) is 11.9. The Hall–Kier alpha value is -2.20. The molecule has 5 heteroatoms. The molecule has 1 amide bonds. The van der Waals surface area contributed by atoms with Gasteiger partial charge in [0.05, 0.1) is 19.8 Å². The lowest BCUT2D eigenvalue weighted by Crippen LogP contribution is -2.13. The fraction of sp³-hybridized carbons (Fsp3) is 0.133. The summed E-state index contributed by atoms with van der Waals surface area (Å²) in [7, 11) is 3.02. The summed E-state index contributed by atoms with van der Waals surface area (Å²) in [5.41, 5.74) is 1.06. The van der Waals surface area contributed by atoms with Crippen molar-refractivity contribution in [3.05, 3.63) is 53.1 Å². The molecular weight excluding hydrogens is 278 g/mol. The van der Waals surface area contributed by atoms with E-state index in [9.17, 15) is 4.79 Å². The molecule has 0 bridgehead atoms. The third-order valence-electron chi connectivity index (χ3n) is 2.75. The average Bonchev–Trinajstić information content (AvgIpc) is 2.48. The number of rotatable bonds is 4. The lowest BCUT2D eigenvalue weighted by Gasteiger charge is -2.12. The topological polar surface area (TPSA) is 47.6 Å².